The number of nitrogens with zero attached hydrogens (tertiary/aromatic N) is 1. The lowest BCUT2D eigenvalue weighted by Gasteiger charge is -2.31. The van der Waals surface area contributed by atoms with Gasteiger partial charge in [-0.05, 0) is 32.1 Å². The van der Waals surface area contributed by atoms with E-state index in [1.165, 1.54) is 17.6 Å². The highest BCUT2D eigenvalue weighted by molar-refractivity contribution is 7.89. The van der Waals surface area contributed by atoms with Crippen molar-refractivity contribution >= 4 is 16.0 Å². The molecule has 0 aromatic rings. The molecular formula is C12H21NO4S. The summed E-state index contributed by atoms with van der Waals surface area (Å²) in [6.45, 7) is 1.86. The molecule has 0 spiro atoms. The van der Waals surface area contributed by atoms with E-state index in [0.717, 1.165) is 12.8 Å². The van der Waals surface area contributed by atoms with Crippen LogP contribution in [0, 0.1) is 5.92 Å². The number of hydrogen-bond donors (Lipinski definition) is 1. The van der Waals surface area contributed by atoms with E-state index in [1.807, 2.05) is 0 Å². The Bertz CT molecular complexity index is 429. The quantitative estimate of drug-likeness (QED) is 0.824. The van der Waals surface area contributed by atoms with Crippen LogP contribution in [0.5, 0.6) is 0 Å². The Morgan fingerprint density at radius 2 is 2.06 bits per heavy atom. The van der Waals surface area contributed by atoms with Crippen molar-refractivity contribution in [1.29, 1.82) is 0 Å². The molecule has 0 amide bonds. The van der Waals surface area contributed by atoms with Crippen LogP contribution in [-0.2, 0) is 14.8 Å². The third-order valence-corrected chi connectivity index (χ3v) is 6.39. The molecule has 18 heavy (non-hydrogen) atoms. The number of carboxylic acids is 1. The first-order valence-corrected chi connectivity index (χ1v) is 8.21. The van der Waals surface area contributed by atoms with Crippen LogP contribution in [0.1, 0.15) is 45.4 Å². The molecular weight excluding hydrogens is 254 g/mol. The lowest BCUT2D eigenvalue weighted by molar-refractivity contribution is -0.146. The zero-order chi connectivity index (χ0) is 13.4. The fourth-order valence-corrected chi connectivity index (χ4v) is 4.85. The summed E-state index contributed by atoms with van der Waals surface area (Å²) in [7, 11) is -3.43. The molecule has 1 atom stereocenters. The molecule has 1 heterocycles. The van der Waals surface area contributed by atoms with Gasteiger partial charge in [-0.25, -0.2) is 8.42 Å². The highest BCUT2D eigenvalue weighted by Gasteiger charge is 2.49. The normalized spacial score (nSPS) is 30.3. The molecule has 6 heteroatoms. The molecule has 1 saturated carbocycles. The molecule has 2 rings (SSSR count). The van der Waals surface area contributed by atoms with Crippen LogP contribution in [0.3, 0.4) is 0 Å². The molecule has 1 aliphatic heterocycles. The summed E-state index contributed by atoms with van der Waals surface area (Å²) in [6, 6.07) is 0. The first-order valence-electron chi connectivity index (χ1n) is 6.60. The largest absolute Gasteiger partial charge is 0.480 e. The standard InChI is InChI=1S/C12H21NO4S/c1-12(11(14)15)7-3-8-13(12)18(16,17)9-6-10-4-2-5-10/h10H,2-9H2,1H3,(H,14,15). The summed E-state index contributed by atoms with van der Waals surface area (Å²) in [5.74, 6) is -0.411. The minimum atomic E-state index is -3.43. The second kappa shape index (κ2) is 4.81. The van der Waals surface area contributed by atoms with E-state index in [9.17, 15) is 18.3 Å². The first kappa shape index (κ1) is 13.8. The van der Waals surface area contributed by atoms with Crippen LogP contribution >= 0.6 is 0 Å². The van der Waals surface area contributed by atoms with Crippen molar-refractivity contribution in [3.05, 3.63) is 0 Å². The third-order valence-electron chi connectivity index (χ3n) is 4.38. The van der Waals surface area contributed by atoms with Crippen molar-refractivity contribution in [2.75, 3.05) is 12.3 Å². The van der Waals surface area contributed by atoms with Crippen LogP contribution in [0.15, 0.2) is 0 Å². The van der Waals surface area contributed by atoms with Gasteiger partial charge in [0.25, 0.3) is 0 Å². The van der Waals surface area contributed by atoms with Crippen molar-refractivity contribution in [3.63, 3.8) is 0 Å². The van der Waals surface area contributed by atoms with Gasteiger partial charge in [-0.2, -0.15) is 4.31 Å². The Kier molecular flexibility index (Phi) is 3.69. The summed E-state index contributed by atoms with van der Waals surface area (Å²) >= 11 is 0. The van der Waals surface area contributed by atoms with Gasteiger partial charge in [0.05, 0.1) is 5.75 Å². The smallest absolute Gasteiger partial charge is 0.324 e. The van der Waals surface area contributed by atoms with E-state index < -0.39 is 21.5 Å². The SMILES string of the molecule is CC1(C(=O)O)CCCN1S(=O)(=O)CCC1CCC1. The fourth-order valence-electron chi connectivity index (χ4n) is 2.81. The molecule has 104 valence electrons. The number of hydrogen-bond acceptors (Lipinski definition) is 3. The number of rotatable bonds is 5. The Morgan fingerprint density at radius 3 is 2.56 bits per heavy atom. The van der Waals surface area contributed by atoms with Gasteiger partial charge in [0.2, 0.25) is 10.0 Å². The Hall–Kier alpha value is -0.620. The highest BCUT2D eigenvalue weighted by atomic mass is 32.2. The molecule has 1 aliphatic carbocycles. The maximum atomic E-state index is 12.3. The molecule has 1 saturated heterocycles. The summed E-state index contributed by atoms with van der Waals surface area (Å²) < 4.78 is 25.7. The second-order valence-corrected chi connectivity index (χ2v) is 7.67. The molecule has 0 aromatic carbocycles. The zero-order valence-electron chi connectivity index (χ0n) is 10.8. The molecule has 2 aliphatic rings. The number of aliphatic carboxylic acids is 1. The Morgan fingerprint density at radius 1 is 1.39 bits per heavy atom. The van der Waals surface area contributed by atoms with E-state index >= 15 is 0 Å². The van der Waals surface area contributed by atoms with Crippen molar-refractivity contribution in [1.82, 2.24) is 4.31 Å². The van der Waals surface area contributed by atoms with Gasteiger partial charge < -0.3 is 5.11 Å². The van der Waals surface area contributed by atoms with Crippen molar-refractivity contribution < 1.29 is 18.3 Å². The third kappa shape index (κ3) is 2.40. The highest BCUT2D eigenvalue weighted by Crippen LogP contribution is 2.34. The maximum Gasteiger partial charge on any atom is 0.324 e. The van der Waals surface area contributed by atoms with E-state index in [0.29, 0.717) is 31.7 Å². The van der Waals surface area contributed by atoms with Gasteiger partial charge in [-0.15, -0.1) is 0 Å². The summed E-state index contributed by atoms with van der Waals surface area (Å²) in [4.78, 5) is 11.3. The van der Waals surface area contributed by atoms with Gasteiger partial charge in [-0.1, -0.05) is 19.3 Å². The molecule has 0 bridgehead atoms. The van der Waals surface area contributed by atoms with Crippen LogP contribution in [0.4, 0.5) is 0 Å². The molecule has 0 aromatic heterocycles. The van der Waals surface area contributed by atoms with E-state index in [-0.39, 0.29) is 5.75 Å². The summed E-state index contributed by atoms with van der Waals surface area (Å²) in [6.07, 6.45) is 5.14. The lowest BCUT2D eigenvalue weighted by atomic mass is 9.84. The molecule has 0 radical (unpaired) electrons. The number of sulfonamides is 1. The van der Waals surface area contributed by atoms with Crippen LogP contribution in [0.2, 0.25) is 0 Å². The van der Waals surface area contributed by atoms with E-state index in [2.05, 4.69) is 0 Å². The number of carboxylic acid groups (broad SMARTS) is 1. The van der Waals surface area contributed by atoms with Gasteiger partial charge >= 0.3 is 5.97 Å². The van der Waals surface area contributed by atoms with Gasteiger partial charge in [0.1, 0.15) is 5.54 Å². The van der Waals surface area contributed by atoms with Crippen molar-refractivity contribution in [2.24, 2.45) is 5.92 Å². The van der Waals surface area contributed by atoms with E-state index in [1.54, 1.807) is 0 Å². The Labute approximate surface area is 108 Å². The molecule has 5 nitrogen and oxygen atoms in total. The topological polar surface area (TPSA) is 74.7 Å². The fraction of sp³-hybridized carbons (Fsp3) is 0.917. The van der Waals surface area contributed by atoms with Gasteiger partial charge in [0, 0.05) is 6.54 Å². The molecule has 2 fully saturated rings. The van der Waals surface area contributed by atoms with Gasteiger partial charge in [0.15, 0.2) is 0 Å². The van der Waals surface area contributed by atoms with Crippen molar-refractivity contribution in [3.8, 4) is 0 Å². The minimum absolute atomic E-state index is 0.0978. The molecule has 1 unspecified atom stereocenters. The van der Waals surface area contributed by atoms with Gasteiger partial charge in [-0.3, -0.25) is 4.79 Å². The minimum Gasteiger partial charge on any atom is -0.480 e. The van der Waals surface area contributed by atoms with Crippen LogP contribution < -0.4 is 0 Å². The predicted octanol–water partition coefficient (Wildman–Crippen LogP) is 1.45. The van der Waals surface area contributed by atoms with E-state index in [4.69, 9.17) is 0 Å². The number of carbonyl (C=O) groups is 1. The summed E-state index contributed by atoms with van der Waals surface area (Å²) in [5.41, 5.74) is -1.24. The predicted molar refractivity (Wildman–Crippen MR) is 67.7 cm³/mol. The second-order valence-electron chi connectivity index (χ2n) is 5.66. The summed E-state index contributed by atoms with van der Waals surface area (Å²) in [5, 5.41) is 9.23. The zero-order valence-corrected chi connectivity index (χ0v) is 11.6. The lowest BCUT2D eigenvalue weighted by Crippen LogP contribution is -2.51. The monoisotopic (exact) mass is 275 g/mol. The maximum absolute atomic E-state index is 12.3. The van der Waals surface area contributed by atoms with Crippen LogP contribution in [-0.4, -0.2) is 41.6 Å². The van der Waals surface area contributed by atoms with Crippen LogP contribution in [0.25, 0.3) is 0 Å². The average Bonchev–Trinajstić information content (AvgIpc) is 2.60. The molecule has 1 N–H and O–H groups in total. The Balaban J connectivity index is 2.05. The average molecular weight is 275 g/mol. The van der Waals surface area contributed by atoms with Crippen molar-refractivity contribution in [2.45, 2.75) is 51.0 Å². The first-order chi connectivity index (χ1) is 8.36.